The molecule has 0 atom stereocenters. The predicted octanol–water partition coefficient (Wildman–Crippen LogP) is 0.0572. The summed E-state index contributed by atoms with van der Waals surface area (Å²) < 4.78 is 0. The molecule has 4 N–H and O–H groups in total. The first kappa shape index (κ1) is 9.15. The Morgan fingerprint density at radius 3 is 2.57 bits per heavy atom. The van der Waals surface area contributed by atoms with E-state index in [4.69, 9.17) is 11.5 Å². The van der Waals surface area contributed by atoms with Crippen molar-refractivity contribution in [3.05, 3.63) is 29.6 Å². The number of aromatic nitrogens is 1. The molecule has 1 saturated carbocycles. The lowest BCUT2D eigenvalue weighted by Gasteiger charge is -2.09. The molecule has 0 aromatic carbocycles. The predicted molar refractivity (Wildman–Crippen MR) is 52.2 cm³/mol. The fraction of sp³-hybridized carbons (Fsp3) is 0.400. The molecule has 0 spiro atoms. The van der Waals surface area contributed by atoms with E-state index in [1.54, 1.807) is 6.20 Å². The van der Waals surface area contributed by atoms with Gasteiger partial charge in [-0.15, -0.1) is 0 Å². The minimum absolute atomic E-state index is 0.273. The summed E-state index contributed by atoms with van der Waals surface area (Å²) in [5.41, 5.74) is 12.1. The first-order valence-electron chi connectivity index (χ1n) is 4.64. The maximum atomic E-state index is 11.2. The van der Waals surface area contributed by atoms with Crippen molar-refractivity contribution in [3.8, 4) is 0 Å². The normalized spacial score (nSPS) is 17.8. The Hall–Kier alpha value is -1.42. The van der Waals surface area contributed by atoms with E-state index in [1.807, 2.05) is 12.1 Å². The van der Waals surface area contributed by atoms with Gasteiger partial charge in [-0.2, -0.15) is 0 Å². The van der Waals surface area contributed by atoms with Crippen LogP contribution in [0.1, 0.15) is 24.1 Å². The van der Waals surface area contributed by atoms with Gasteiger partial charge in [0.1, 0.15) is 0 Å². The zero-order chi connectivity index (χ0) is 10.2. The Morgan fingerprint density at radius 1 is 1.50 bits per heavy atom. The van der Waals surface area contributed by atoms with E-state index in [1.165, 1.54) is 0 Å². The molecule has 0 bridgehead atoms. The van der Waals surface area contributed by atoms with Crippen molar-refractivity contribution in [1.29, 1.82) is 0 Å². The minimum Gasteiger partial charge on any atom is -0.369 e. The molecule has 1 heterocycles. The molecule has 1 amide bonds. The molecule has 2 rings (SSSR count). The summed E-state index contributed by atoms with van der Waals surface area (Å²) in [6.07, 6.45) is 3.34. The van der Waals surface area contributed by atoms with E-state index in [2.05, 4.69) is 4.98 Å². The Kier molecular flexibility index (Phi) is 2.00. The van der Waals surface area contributed by atoms with Crippen LogP contribution in [-0.4, -0.2) is 10.9 Å². The largest absolute Gasteiger partial charge is 0.369 e. The minimum atomic E-state index is -0.479. The van der Waals surface area contributed by atoms with Crippen molar-refractivity contribution in [3.63, 3.8) is 0 Å². The standard InChI is InChI=1S/C10H13N3O/c11-5-7-1-2-8(13-6-7)10(3-4-10)9(12)14/h1-2,6H,3-5,11H2,(H2,12,14). The number of nitrogens with zero attached hydrogens (tertiary/aromatic N) is 1. The van der Waals surface area contributed by atoms with Gasteiger partial charge in [-0.25, -0.2) is 0 Å². The van der Waals surface area contributed by atoms with Crippen molar-refractivity contribution < 1.29 is 4.79 Å². The van der Waals surface area contributed by atoms with Gasteiger partial charge < -0.3 is 11.5 Å². The van der Waals surface area contributed by atoms with Crippen molar-refractivity contribution in [1.82, 2.24) is 4.98 Å². The fourth-order valence-electron chi connectivity index (χ4n) is 1.58. The van der Waals surface area contributed by atoms with Crippen LogP contribution < -0.4 is 11.5 Å². The van der Waals surface area contributed by atoms with Gasteiger partial charge in [-0.05, 0) is 24.5 Å². The molecular formula is C10H13N3O. The summed E-state index contributed by atoms with van der Waals surface area (Å²) in [6, 6.07) is 3.74. The first-order valence-corrected chi connectivity index (χ1v) is 4.64. The average Bonchev–Trinajstić information content (AvgIpc) is 2.99. The zero-order valence-corrected chi connectivity index (χ0v) is 7.86. The molecule has 0 unspecified atom stereocenters. The molecule has 4 heteroatoms. The number of rotatable bonds is 3. The quantitative estimate of drug-likeness (QED) is 0.708. The highest BCUT2D eigenvalue weighted by Gasteiger charge is 2.51. The van der Waals surface area contributed by atoms with E-state index in [0.717, 1.165) is 24.1 Å². The highest BCUT2D eigenvalue weighted by atomic mass is 16.1. The lowest BCUT2D eigenvalue weighted by atomic mass is 10.0. The Balaban J connectivity index is 2.29. The van der Waals surface area contributed by atoms with Gasteiger partial charge in [0.2, 0.25) is 5.91 Å². The van der Waals surface area contributed by atoms with Crippen LogP contribution in [0.4, 0.5) is 0 Å². The van der Waals surface area contributed by atoms with Crippen LogP contribution in [0.5, 0.6) is 0 Å². The van der Waals surface area contributed by atoms with Crippen LogP contribution >= 0.6 is 0 Å². The van der Waals surface area contributed by atoms with Crippen molar-refractivity contribution in [2.24, 2.45) is 11.5 Å². The molecule has 1 aromatic rings. The van der Waals surface area contributed by atoms with E-state index in [-0.39, 0.29) is 5.91 Å². The van der Waals surface area contributed by atoms with E-state index in [0.29, 0.717) is 6.54 Å². The number of amides is 1. The van der Waals surface area contributed by atoms with Crippen molar-refractivity contribution >= 4 is 5.91 Å². The zero-order valence-electron chi connectivity index (χ0n) is 7.86. The summed E-state index contributed by atoms with van der Waals surface area (Å²) in [6.45, 7) is 0.469. The third-order valence-corrected chi connectivity index (χ3v) is 2.77. The fourth-order valence-corrected chi connectivity index (χ4v) is 1.58. The number of hydrogen-bond acceptors (Lipinski definition) is 3. The number of carbonyl (C=O) groups is 1. The molecule has 0 saturated heterocycles. The maximum Gasteiger partial charge on any atom is 0.229 e. The number of hydrogen-bond donors (Lipinski definition) is 2. The summed E-state index contributed by atoms with van der Waals surface area (Å²) in [7, 11) is 0. The molecule has 4 nitrogen and oxygen atoms in total. The molecule has 1 aliphatic carbocycles. The molecule has 0 aliphatic heterocycles. The molecule has 1 aromatic heterocycles. The number of primary amides is 1. The van der Waals surface area contributed by atoms with Gasteiger partial charge in [0.25, 0.3) is 0 Å². The van der Waals surface area contributed by atoms with Crippen molar-refractivity contribution in [2.75, 3.05) is 0 Å². The molecule has 1 fully saturated rings. The number of pyridine rings is 1. The van der Waals surface area contributed by atoms with Crippen LogP contribution in [0.3, 0.4) is 0 Å². The van der Waals surface area contributed by atoms with Gasteiger partial charge in [0.15, 0.2) is 0 Å². The lowest BCUT2D eigenvalue weighted by molar-refractivity contribution is -0.120. The second-order valence-corrected chi connectivity index (χ2v) is 3.70. The number of nitrogens with two attached hydrogens (primary N) is 2. The third-order valence-electron chi connectivity index (χ3n) is 2.77. The Bertz CT molecular complexity index is 354. The average molecular weight is 191 g/mol. The summed E-state index contributed by atoms with van der Waals surface area (Å²) in [4.78, 5) is 15.4. The summed E-state index contributed by atoms with van der Waals surface area (Å²) in [5.74, 6) is -0.273. The van der Waals surface area contributed by atoms with Gasteiger partial charge in [-0.3, -0.25) is 9.78 Å². The summed E-state index contributed by atoms with van der Waals surface area (Å²) in [5, 5.41) is 0. The number of carbonyl (C=O) groups excluding carboxylic acids is 1. The van der Waals surface area contributed by atoms with Crippen molar-refractivity contribution in [2.45, 2.75) is 24.8 Å². The van der Waals surface area contributed by atoms with Crippen LogP contribution in [0.15, 0.2) is 18.3 Å². The molecule has 14 heavy (non-hydrogen) atoms. The van der Waals surface area contributed by atoms with E-state index in [9.17, 15) is 4.79 Å². The maximum absolute atomic E-state index is 11.2. The van der Waals surface area contributed by atoms with Crippen LogP contribution in [0, 0.1) is 0 Å². The SMILES string of the molecule is NCc1ccc(C2(C(N)=O)CC2)nc1. The highest BCUT2D eigenvalue weighted by Crippen LogP contribution is 2.46. The topological polar surface area (TPSA) is 82.0 Å². The summed E-state index contributed by atoms with van der Waals surface area (Å²) >= 11 is 0. The van der Waals surface area contributed by atoms with Crippen LogP contribution in [-0.2, 0) is 16.8 Å². The van der Waals surface area contributed by atoms with Gasteiger partial charge in [-0.1, -0.05) is 6.07 Å². The molecule has 74 valence electrons. The highest BCUT2D eigenvalue weighted by molar-refractivity contribution is 5.89. The molecule has 1 aliphatic rings. The first-order chi connectivity index (χ1) is 6.69. The molecule has 0 radical (unpaired) electrons. The van der Waals surface area contributed by atoms with E-state index < -0.39 is 5.41 Å². The second-order valence-electron chi connectivity index (χ2n) is 3.70. The molecular weight excluding hydrogens is 178 g/mol. The Morgan fingerprint density at radius 2 is 2.21 bits per heavy atom. The smallest absolute Gasteiger partial charge is 0.229 e. The van der Waals surface area contributed by atoms with Crippen LogP contribution in [0.25, 0.3) is 0 Å². The second kappa shape index (κ2) is 3.06. The monoisotopic (exact) mass is 191 g/mol. The van der Waals surface area contributed by atoms with Gasteiger partial charge in [0.05, 0.1) is 11.1 Å². The van der Waals surface area contributed by atoms with Gasteiger partial charge >= 0.3 is 0 Å². The van der Waals surface area contributed by atoms with Crippen LogP contribution in [0.2, 0.25) is 0 Å². The lowest BCUT2D eigenvalue weighted by Crippen LogP contribution is -2.29. The Labute approximate surface area is 82.3 Å². The third kappa shape index (κ3) is 1.28. The van der Waals surface area contributed by atoms with E-state index >= 15 is 0 Å². The van der Waals surface area contributed by atoms with Gasteiger partial charge in [0, 0.05) is 12.7 Å².